The number of hydrogen-bond donors (Lipinski definition) is 0. The minimum absolute atomic E-state index is 0.780. The molecule has 302 valence electrons. The Kier molecular flexibility index (Phi) is 13.8. The third kappa shape index (κ3) is 9.90. The highest BCUT2D eigenvalue weighted by atomic mass is 15.2. The summed E-state index contributed by atoms with van der Waals surface area (Å²) in [5, 5.41) is 0. The highest BCUT2D eigenvalue weighted by Crippen LogP contribution is 2.42. The molecule has 1 aliphatic carbocycles. The molecule has 0 unspecified atom stereocenters. The fourth-order valence-electron chi connectivity index (χ4n) is 7.69. The molecule has 0 aliphatic heterocycles. The van der Waals surface area contributed by atoms with Crippen molar-refractivity contribution in [3.05, 3.63) is 297 Å². The fraction of sp³-hybridized carbons (Fsp3) is 0.0333. The predicted octanol–water partition coefficient (Wildman–Crippen LogP) is 16.7. The van der Waals surface area contributed by atoms with Crippen molar-refractivity contribution in [3.8, 4) is 22.3 Å². The summed E-state index contributed by atoms with van der Waals surface area (Å²) in [5.74, 6) is 0. The molecule has 7 rings (SSSR count). The maximum Gasteiger partial charge on any atom is 0.0467 e. The maximum absolute atomic E-state index is 4.75. The lowest BCUT2D eigenvalue weighted by molar-refractivity contribution is 0.886. The summed E-state index contributed by atoms with van der Waals surface area (Å²) in [7, 11) is 0. The van der Waals surface area contributed by atoms with E-state index in [-0.39, 0.29) is 0 Å². The van der Waals surface area contributed by atoms with E-state index in [0.717, 1.165) is 80.3 Å². The summed E-state index contributed by atoms with van der Waals surface area (Å²) in [6.07, 6.45) is 19.5. The Morgan fingerprint density at radius 2 is 1.03 bits per heavy atom. The third-order valence-corrected chi connectivity index (χ3v) is 10.9. The van der Waals surface area contributed by atoms with Gasteiger partial charge >= 0.3 is 0 Å². The van der Waals surface area contributed by atoms with Gasteiger partial charge in [-0.25, -0.2) is 0 Å². The summed E-state index contributed by atoms with van der Waals surface area (Å²) in [6, 6.07) is 57.4. The van der Waals surface area contributed by atoms with E-state index < -0.39 is 0 Å². The third-order valence-electron chi connectivity index (χ3n) is 10.9. The Bertz CT molecular complexity index is 2740. The zero-order valence-corrected chi connectivity index (χ0v) is 35.3. The number of para-hydroxylation sites is 2. The molecule has 0 spiro atoms. The fourth-order valence-corrected chi connectivity index (χ4v) is 7.69. The van der Waals surface area contributed by atoms with Gasteiger partial charge in [-0.05, 0) is 129 Å². The Hall–Kier alpha value is -7.94. The molecule has 2 nitrogen and oxygen atoms in total. The lowest BCUT2D eigenvalue weighted by Crippen LogP contribution is -2.18. The van der Waals surface area contributed by atoms with Gasteiger partial charge in [-0.1, -0.05) is 197 Å². The van der Waals surface area contributed by atoms with Crippen LogP contribution in [0.15, 0.2) is 292 Å². The van der Waals surface area contributed by atoms with Crippen LogP contribution in [-0.2, 0) is 0 Å². The first kappa shape index (κ1) is 42.2. The molecule has 0 aromatic heterocycles. The first-order chi connectivity index (χ1) is 30.4. The van der Waals surface area contributed by atoms with Crippen LogP contribution in [0.25, 0.3) is 27.8 Å². The normalized spacial score (nSPS) is 12.6. The van der Waals surface area contributed by atoms with E-state index in [2.05, 4.69) is 200 Å². The van der Waals surface area contributed by atoms with Gasteiger partial charge < -0.3 is 9.80 Å². The van der Waals surface area contributed by atoms with Gasteiger partial charge in [-0.15, -0.1) is 0 Å². The van der Waals surface area contributed by atoms with Crippen LogP contribution in [0, 0.1) is 0 Å². The molecule has 0 amide bonds. The molecular weight excluding hydrogens is 749 g/mol. The quantitative estimate of drug-likeness (QED) is 0.0848. The lowest BCUT2D eigenvalue weighted by Gasteiger charge is -2.30. The van der Waals surface area contributed by atoms with Crippen LogP contribution in [0.4, 0.5) is 22.7 Å². The van der Waals surface area contributed by atoms with Crippen LogP contribution >= 0.6 is 0 Å². The molecule has 0 saturated carbocycles. The van der Waals surface area contributed by atoms with Gasteiger partial charge in [0.15, 0.2) is 0 Å². The average Bonchev–Trinajstić information content (AvgIpc) is 3.33. The van der Waals surface area contributed by atoms with Crippen molar-refractivity contribution in [3.63, 3.8) is 0 Å². The van der Waals surface area contributed by atoms with Gasteiger partial charge in [0, 0.05) is 34.1 Å². The van der Waals surface area contributed by atoms with Gasteiger partial charge in [0.05, 0.1) is 0 Å². The largest absolute Gasteiger partial charge is 0.314 e. The molecule has 0 atom stereocenters. The predicted molar refractivity (Wildman–Crippen MR) is 270 cm³/mol. The van der Waals surface area contributed by atoms with E-state index in [9.17, 15) is 0 Å². The van der Waals surface area contributed by atoms with Crippen molar-refractivity contribution in [1.82, 2.24) is 0 Å². The van der Waals surface area contributed by atoms with Gasteiger partial charge in [0.2, 0.25) is 0 Å². The first-order valence-corrected chi connectivity index (χ1v) is 20.9. The second-order valence-electron chi connectivity index (χ2n) is 15.0. The average molecular weight is 801 g/mol. The first-order valence-electron chi connectivity index (χ1n) is 20.9. The van der Waals surface area contributed by atoms with Crippen molar-refractivity contribution in [2.24, 2.45) is 0 Å². The molecule has 6 aromatic rings. The second kappa shape index (κ2) is 20.4. The van der Waals surface area contributed by atoms with Crippen LogP contribution in [0.5, 0.6) is 0 Å². The summed E-state index contributed by atoms with van der Waals surface area (Å²) in [5.41, 5.74) is 16.6. The highest BCUT2D eigenvalue weighted by molar-refractivity contribution is 5.93. The molecule has 0 saturated heterocycles. The maximum atomic E-state index is 4.75. The summed E-state index contributed by atoms with van der Waals surface area (Å²) in [4.78, 5) is 4.53. The smallest absolute Gasteiger partial charge is 0.0467 e. The number of rotatable bonds is 17. The van der Waals surface area contributed by atoms with E-state index in [1.165, 1.54) is 22.4 Å². The molecule has 0 N–H and O–H groups in total. The van der Waals surface area contributed by atoms with Crippen molar-refractivity contribution >= 4 is 28.3 Å². The summed E-state index contributed by atoms with van der Waals surface area (Å²) in [6.45, 7) is 25.6. The Morgan fingerprint density at radius 3 is 1.63 bits per heavy atom. The Balaban J connectivity index is 1.24. The van der Waals surface area contributed by atoms with Crippen LogP contribution in [0.1, 0.15) is 18.4 Å². The van der Waals surface area contributed by atoms with E-state index in [1.54, 1.807) is 6.08 Å². The van der Waals surface area contributed by atoms with Crippen LogP contribution in [0.2, 0.25) is 0 Å². The molecule has 0 radical (unpaired) electrons. The van der Waals surface area contributed by atoms with Gasteiger partial charge in [-0.3, -0.25) is 0 Å². The van der Waals surface area contributed by atoms with Gasteiger partial charge in [0.25, 0.3) is 0 Å². The van der Waals surface area contributed by atoms with E-state index in [1.807, 2.05) is 54.6 Å². The van der Waals surface area contributed by atoms with E-state index >= 15 is 0 Å². The van der Waals surface area contributed by atoms with Crippen molar-refractivity contribution in [2.75, 3.05) is 9.80 Å². The molecule has 6 aromatic carbocycles. The summed E-state index contributed by atoms with van der Waals surface area (Å²) < 4.78 is 0. The lowest BCUT2D eigenvalue weighted by atomic mass is 9.84. The standard InChI is InChI=1S/C60H52N2/c1-7-9-23-45(3)46(4)32-33-47(5)61(53-28-18-12-19-29-53)57-42-43-59(60(44-57)52-26-16-11-17-27-52)58(22-8-2)48(6)49-34-38-55(39-35-49)62(54-30-20-13-21-31-54)56-40-36-51(37-41-56)50-24-14-10-15-25-50/h7-34,36-38,40-44H,1-6,35,39H2/b23-9-,33-32-,58-22+. The molecule has 1 aliphatic rings. The van der Waals surface area contributed by atoms with Gasteiger partial charge in [-0.2, -0.15) is 0 Å². The monoisotopic (exact) mass is 800 g/mol. The zero-order valence-electron chi connectivity index (χ0n) is 35.3. The summed E-state index contributed by atoms with van der Waals surface area (Å²) >= 11 is 0. The van der Waals surface area contributed by atoms with Crippen molar-refractivity contribution in [2.45, 2.75) is 12.8 Å². The van der Waals surface area contributed by atoms with Crippen molar-refractivity contribution < 1.29 is 0 Å². The number of allylic oxidation sites excluding steroid dienone is 15. The molecule has 62 heavy (non-hydrogen) atoms. The second-order valence-corrected chi connectivity index (χ2v) is 15.0. The minimum Gasteiger partial charge on any atom is -0.314 e. The number of benzene rings is 6. The minimum atomic E-state index is 0.780. The number of hydrogen-bond acceptors (Lipinski definition) is 2. The van der Waals surface area contributed by atoms with E-state index in [0.29, 0.717) is 0 Å². The Labute approximate surface area is 368 Å². The highest BCUT2D eigenvalue weighted by Gasteiger charge is 2.22. The van der Waals surface area contributed by atoms with Gasteiger partial charge in [0.1, 0.15) is 0 Å². The molecular formula is C60H52N2. The topological polar surface area (TPSA) is 6.48 Å². The number of anilines is 4. The SMILES string of the molecule is C=C/C=C\C(=C)C(=C)/C=C\C(=C)N(c1ccccc1)c1ccc(/C(=C/C=C)C(=C)C2=CC=C(N(c3ccccc3)c3ccc(-c4ccccc4)cc3)CC2)c(-c2ccccc2)c1. The molecule has 0 heterocycles. The van der Waals surface area contributed by atoms with Crippen LogP contribution in [-0.4, -0.2) is 0 Å². The molecule has 0 bridgehead atoms. The van der Waals surface area contributed by atoms with E-state index in [4.69, 9.17) is 6.58 Å². The molecule has 0 fully saturated rings. The van der Waals surface area contributed by atoms with Crippen molar-refractivity contribution in [1.29, 1.82) is 0 Å². The number of nitrogens with zero attached hydrogens (tertiary/aromatic N) is 2. The van der Waals surface area contributed by atoms with Crippen LogP contribution in [0.3, 0.4) is 0 Å². The zero-order chi connectivity index (χ0) is 43.3. The van der Waals surface area contributed by atoms with Crippen LogP contribution < -0.4 is 9.80 Å². The molecule has 2 heteroatoms. The Morgan fingerprint density at radius 1 is 0.484 bits per heavy atom.